The van der Waals surface area contributed by atoms with Gasteiger partial charge in [-0.3, -0.25) is 14.6 Å². The number of nitrogens with two attached hydrogens (primary N) is 1. The van der Waals surface area contributed by atoms with Crippen LogP contribution in [0, 0.1) is 28.1 Å². The number of amides is 1. The van der Waals surface area contributed by atoms with E-state index in [-0.39, 0.29) is 57.6 Å². The number of aliphatic hydroxyl groups excluding tert-OH is 1. The van der Waals surface area contributed by atoms with Gasteiger partial charge in [0.05, 0.1) is 6.10 Å². The minimum Gasteiger partial charge on any atom is -0.504 e. The number of ether oxygens (including phenoxy) is 2. The van der Waals surface area contributed by atoms with E-state index in [1.807, 2.05) is 4.90 Å². The standard InChI is InChI=1S/C58H80N4O6S2/c1-39(63)67-47-19-17-41-31-43(51(66)52-50(41)42-21-30-57(68-52)28-11-15-44(57)32-42)36-62-37-56(34-49(62)65)45(18-20-48(56)40-13-3-2-4-14-40)35-60-53(59)61-58(29-12-27-55(58)25-9-10-26-55)70-69-38-54(23-7-8-24-54)22-6-5-16-46(64)33-47/h2-4,13-14,21,30-31,42,44-48,64,66H,5-12,15-20,22-29,32-38H2,1H3,(H3,59,60,61)/t42-,44-,45-,46-,47+,48-,56+,57+,58+/m0/s1. The van der Waals surface area contributed by atoms with Crippen LogP contribution in [0.15, 0.2) is 53.5 Å². The number of esters is 1. The van der Waals surface area contributed by atoms with Gasteiger partial charge in [0.15, 0.2) is 17.5 Å². The molecule has 10 aliphatic rings. The van der Waals surface area contributed by atoms with Crippen molar-refractivity contribution in [3.8, 4) is 11.5 Å². The highest BCUT2D eigenvalue weighted by molar-refractivity contribution is 8.77. The molecule has 6 aliphatic carbocycles. The zero-order chi connectivity index (χ0) is 48.1. The summed E-state index contributed by atoms with van der Waals surface area (Å²) >= 11 is 0. The lowest BCUT2D eigenvalue weighted by molar-refractivity contribution is -0.148. The first kappa shape index (κ1) is 48.9. The summed E-state index contributed by atoms with van der Waals surface area (Å²) < 4.78 is 13.1. The maximum Gasteiger partial charge on any atom is 0.302 e. The topological polar surface area (TPSA) is 147 Å². The van der Waals surface area contributed by atoms with Gasteiger partial charge in [-0.25, -0.2) is 0 Å². The summed E-state index contributed by atoms with van der Waals surface area (Å²) in [4.78, 5) is 34.6. The lowest BCUT2D eigenvalue weighted by Gasteiger charge is -2.44. The second kappa shape index (κ2) is 19.8. The zero-order valence-electron chi connectivity index (χ0n) is 41.9. The molecule has 380 valence electrons. The molecular weight excluding hydrogens is 913 g/mol. The molecule has 2 aromatic rings. The largest absolute Gasteiger partial charge is 0.504 e. The molecule has 70 heavy (non-hydrogen) atoms. The predicted octanol–water partition coefficient (Wildman–Crippen LogP) is 11.8. The summed E-state index contributed by atoms with van der Waals surface area (Å²) in [5, 5.41) is 28.1. The van der Waals surface area contributed by atoms with E-state index in [4.69, 9.17) is 20.2 Å². The Morgan fingerprint density at radius 2 is 1.66 bits per heavy atom. The minimum atomic E-state index is -0.573. The molecule has 4 aliphatic heterocycles. The van der Waals surface area contributed by atoms with Gasteiger partial charge in [0.1, 0.15) is 16.6 Å². The molecule has 5 N–H and O–H groups in total. The number of aryl methyl sites for hydroxylation is 1. The third-order valence-corrected chi connectivity index (χ3v) is 23.4. The number of aliphatic imine (C=N–C) groups is 1. The summed E-state index contributed by atoms with van der Waals surface area (Å²) in [6.07, 6.45) is 29.1. The van der Waals surface area contributed by atoms with Crippen LogP contribution < -0.4 is 15.8 Å². The number of nitrogens with zero attached hydrogens (tertiary/aromatic N) is 2. The lowest BCUT2D eigenvalue weighted by Crippen LogP contribution is -2.55. The predicted molar refractivity (Wildman–Crippen MR) is 281 cm³/mol. The third kappa shape index (κ3) is 9.10. The maximum absolute atomic E-state index is 14.8. The van der Waals surface area contributed by atoms with Gasteiger partial charge >= 0.3 is 5.97 Å². The fraction of sp³-hybridized carbons (Fsp3) is 0.707. The molecule has 4 heterocycles. The Balaban J connectivity index is 0.951. The van der Waals surface area contributed by atoms with Crippen molar-refractivity contribution in [1.82, 2.24) is 10.2 Å². The minimum absolute atomic E-state index is 0.0965. The van der Waals surface area contributed by atoms with E-state index in [1.54, 1.807) is 0 Å². The van der Waals surface area contributed by atoms with Crippen molar-refractivity contribution in [2.75, 3.05) is 18.8 Å². The van der Waals surface area contributed by atoms with Crippen molar-refractivity contribution in [1.29, 1.82) is 0 Å². The average Bonchev–Trinajstić information content (AvgIpc) is 4.21. The Hall–Kier alpha value is -3.35. The summed E-state index contributed by atoms with van der Waals surface area (Å²) in [5.74, 6) is 3.00. The average molecular weight is 993 g/mol. The number of aromatic hydroxyl groups is 1. The number of hydrogen-bond donors (Lipinski definition) is 4. The Bertz CT molecular complexity index is 2310. The van der Waals surface area contributed by atoms with Crippen molar-refractivity contribution in [3.05, 3.63) is 70.8 Å². The van der Waals surface area contributed by atoms with Crippen LogP contribution in [0.1, 0.15) is 195 Å². The van der Waals surface area contributed by atoms with E-state index in [0.29, 0.717) is 73.8 Å². The number of allylic oxidation sites excluding steroid dienone is 1. The van der Waals surface area contributed by atoms with Gasteiger partial charge in [-0.1, -0.05) is 96.5 Å². The van der Waals surface area contributed by atoms with Gasteiger partial charge in [0, 0.05) is 78.9 Å². The van der Waals surface area contributed by atoms with E-state index in [2.05, 4.69) is 75.5 Å². The van der Waals surface area contributed by atoms with Crippen LogP contribution in [0.2, 0.25) is 0 Å². The number of fused-ring (bicyclic) bond motifs is 4. The SMILES string of the molecule is CC(=O)O[C@@H]1CCc2cc(c(O)c3c2[C@H]2C=C[C@@]4(CCC[C@H]4C2)O3)CN2C[C@]3(CC2=O)[C@@H](CC[C@H]3c2ccccc2)CN=C(N)N[C@]2(CCCC23CCCC3)SSCC2(CCCC[C@H](O)C1)CCCC2. The van der Waals surface area contributed by atoms with Crippen molar-refractivity contribution >= 4 is 39.4 Å². The molecule has 1 amide bonds. The van der Waals surface area contributed by atoms with Gasteiger partial charge < -0.3 is 35.6 Å². The molecule has 1 saturated heterocycles. The maximum atomic E-state index is 14.8. The Labute approximate surface area is 425 Å². The van der Waals surface area contributed by atoms with Crippen LogP contribution >= 0.6 is 21.6 Å². The van der Waals surface area contributed by atoms with Crippen LogP contribution in [0.4, 0.5) is 0 Å². The Kier molecular flexibility index (Phi) is 13.8. The van der Waals surface area contributed by atoms with Gasteiger partial charge in [-0.15, -0.1) is 0 Å². The molecular formula is C58H80N4O6S2. The fourth-order valence-electron chi connectivity index (χ4n) is 16.5. The molecule has 12 heteroatoms. The van der Waals surface area contributed by atoms with Crippen LogP contribution in [0.25, 0.3) is 0 Å². The second-order valence-corrected chi connectivity index (χ2v) is 26.6. The number of carbonyl (C=O) groups is 2. The van der Waals surface area contributed by atoms with Crippen LogP contribution in [-0.4, -0.2) is 74.5 Å². The van der Waals surface area contributed by atoms with Gasteiger partial charge in [-0.2, -0.15) is 0 Å². The Morgan fingerprint density at radius 3 is 2.46 bits per heavy atom. The third-order valence-electron chi connectivity index (χ3n) is 20.0. The molecule has 2 aromatic carbocycles. The molecule has 0 aromatic heterocycles. The van der Waals surface area contributed by atoms with Gasteiger partial charge in [0.2, 0.25) is 5.91 Å². The fourth-order valence-corrected chi connectivity index (χ4v) is 20.7. The smallest absolute Gasteiger partial charge is 0.302 e. The lowest BCUT2D eigenvalue weighted by atomic mass is 9.68. The van der Waals surface area contributed by atoms with E-state index in [1.165, 1.54) is 83.1 Å². The molecule has 9 atom stereocenters. The molecule has 10 nitrogen and oxygen atoms in total. The molecule has 5 spiro atoms. The summed E-state index contributed by atoms with van der Waals surface area (Å²) in [6.45, 7) is 2.90. The summed E-state index contributed by atoms with van der Waals surface area (Å²) in [5.41, 5.74) is 11.0. The first-order valence-corrected chi connectivity index (χ1v) is 30.1. The molecule has 0 radical (unpaired) electrons. The molecule has 6 bridgehead atoms. The monoisotopic (exact) mass is 993 g/mol. The van der Waals surface area contributed by atoms with E-state index in [9.17, 15) is 19.8 Å². The Morgan fingerprint density at radius 1 is 0.886 bits per heavy atom. The van der Waals surface area contributed by atoms with Gasteiger partial charge in [0.25, 0.3) is 0 Å². The summed E-state index contributed by atoms with van der Waals surface area (Å²) in [7, 11) is 4.16. The number of nitrogens with one attached hydrogen (secondary N) is 1. The van der Waals surface area contributed by atoms with Crippen molar-refractivity contribution in [2.45, 2.75) is 209 Å². The van der Waals surface area contributed by atoms with Crippen molar-refractivity contribution in [3.63, 3.8) is 0 Å². The first-order chi connectivity index (χ1) is 33.9. The van der Waals surface area contributed by atoms with Crippen LogP contribution in [-0.2, 0) is 27.3 Å². The normalized spacial score (nSPS) is 36.3. The summed E-state index contributed by atoms with van der Waals surface area (Å²) in [6, 6.07) is 12.9. The number of guanidine groups is 1. The number of rotatable bonds is 2. The highest BCUT2D eigenvalue weighted by Crippen LogP contribution is 2.65. The van der Waals surface area contributed by atoms with Gasteiger partial charge in [-0.05, 0) is 150 Å². The zero-order valence-corrected chi connectivity index (χ0v) is 43.5. The number of aliphatic hydroxyl groups is 1. The van der Waals surface area contributed by atoms with Crippen molar-refractivity contribution in [2.24, 2.45) is 38.8 Å². The number of phenolic OH excluding ortho intramolecular Hbond substituents is 1. The highest BCUT2D eigenvalue weighted by Gasteiger charge is 2.59. The first-order valence-electron chi connectivity index (χ1n) is 27.8. The molecule has 5 saturated carbocycles. The molecule has 6 fully saturated rings. The van der Waals surface area contributed by atoms with Crippen LogP contribution in [0.3, 0.4) is 0 Å². The number of hydrogen-bond acceptors (Lipinski definition) is 11. The van der Waals surface area contributed by atoms with Crippen molar-refractivity contribution < 1.29 is 29.3 Å². The molecule has 12 rings (SSSR count). The highest BCUT2D eigenvalue weighted by atomic mass is 33.1. The van der Waals surface area contributed by atoms with E-state index < -0.39 is 17.8 Å². The quantitative estimate of drug-likeness (QED) is 0.130. The van der Waals surface area contributed by atoms with Crippen LogP contribution in [0.5, 0.6) is 11.5 Å². The number of phenols is 1. The van der Waals surface area contributed by atoms with E-state index in [0.717, 1.165) is 74.7 Å². The number of benzene rings is 2. The second-order valence-electron chi connectivity index (χ2n) is 24.0. The van der Waals surface area contributed by atoms with E-state index >= 15 is 0 Å². The number of carbonyl (C=O) groups excluding carboxylic acids is 2. The molecule has 0 unspecified atom stereocenters.